The Kier molecular flexibility index (Phi) is 3.68. The summed E-state index contributed by atoms with van der Waals surface area (Å²) < 4.78 is 0. The van der Waals surface area contributed by atoms with E-state index in [4.69, 9.17) is 0 Å². The second-order valence-electron chi connectivity index (χ2n) is 5.31. The fourth-order valence-electron chi connectivity index (χ4n) is 3.25. The number of hydrogen-bond acceptors (Lipinski definition) is 2. The van der Waals surface area contributed by atoms with Crippen LogP contribution >= 0.6 is 0 Å². The molecule has 2 fully saturated rings. The molecule has 2 saturated heterocycles. The third-order valence-corrected chi connectivity index (χ3v) is 4.46. The summed E-state index contributed by atoms with van der Waals surface area (Å²) in [5.74, 6) is 0. The van der Waals surface area contributed by atoms with Crippen LogP contribution in [-0.4, -0.2) is 47.6 Å². The predicted molar refractivity (Wildman–Crippen MR) is 65.1 cm³/mol. The Hall–Kier alpha value is -0.0800. The average molecular weight is 210 g/mol. The van der Waals surface area contributed by atoms with E-state index in [9.17, 15) is 0 Å². The number of hydrogen-bond donors (Lipinski definition) is 0. The van der Waals surface area contributed by atoms with Crippen molar-refractivity contribution in [2.24, 2.45) is 0 Å². The lowest BCUT2D eigenvalue weighted by atomic mass is 10.0. The van der Waals surface area contributed by atoms with Crippen molar-refractivity contribution in [2.45, 2.75) is 64.6 Å². The summed E-state index contributed by atoms with van der Waals surface area (Å²) in [6.45, 7) is 11.1. The molecule has 2 aliphatic heterocycles. The summed E-state index contributed by atoms with van der Waals surface area (Å²) in [6, 6.07) is 2.47. The molecule has 0 amide bonds. The van der Waals surface area contributed by atoms with Gasteiger partial charge in [0.15, 0.2) is 0 Å². The summed E-state index contributed by atoms with van der Waals surface area (Å²) in [5, 5.41) is 0. The first-order chi connectivity index (χ1) is 7.26. The molecule has 0 aliphatic carbocycles. The summed E-state index contributed by atoms with van der Waals surface area (Å²) in [7, 11) is 0. The van der Waals surface area contributed by atoms with Crippen LogP contribution in [0.1, 0.15) is 46.5 Å². The second kappa shape index (κ2) is 4.84. The lowest BCUT2D eigenvalue weighted by Crippen LogP contribution is -2.58. The van der Waals surface area contributed by atoms with Crippen LogP contribution in [0.15, 0.2) is 0 Å². The summed E-state index contributed by atoms with van der Waals surface area (Å²) >= 11 is 0. The summed E-state index contributed by atoms with van der Waals surface area (Å²) in [5.41, 5.74) is 0. The van der Waals surface area contributed by atoms with Crippen molar-refractivity contribution in [3.63, 3.8) is 0 Å². The SMILES string of the molecule is CCC(C)N1CC2CCCN2CC1CC. The first kappa shape index (κ1) is 11.4. The monoisotopic (exact) mass is 210 g/mol. The standard InChI is InChI=1S/C13H26N2/c1-4-11(3)15-10-13-7-6-8-14(13)9-12(15)5-2/h11-13H,4-10H2,1-3H3. The van der Waals surface area contributed by atoms with Crippen LogP contribution in [0, 0.1) is 0 Å². The zero-order valence-corrected chi connectivity index (χ0v) is 10.6. The van der Waals surface area contributed by atoms with Gasteiger partial charge in [0.1, 0.15) is 0 Å². The molecule has 0 saturated carbocycles. The molecule has 3 atom stereocenters. The smallest absolute Gasteiger partial charge is 0.0224 e. The molecule has 3 unspecified atom stereocenters. The molecule has 0 aromatic rings. The van der Waals surface area contributed by atoms with Crippen LogP contribution in [-0.2, 0) is 0 Å². The Balaban J connectivity index is 2.02. The van der Waals surface area contributed by atoms with Crippen molar-refractivity contribution < 1.29 is 0 Å². The zero-order valence-electron chi connectivity index (χ0n) is 10.6. The highest BCUT2D eigenvalue weighted by atomic mass is 15.3. The molecular formula is C13H26N2. The molecule has 0 aromatic carbocycles. The Morgan fingerprint density at radius 1 is 1.27 bits per heavy atom. The van der Waals surface area contributed by atoms with Gasteiger partial charge in [-0.3, -0.25) is 9.80 Å². The average Bonchev–Trinajstić information content (AvgIpc) is 2.73. The number of fused-ring (bicyclic) bond motifs is 1. The molecular weight excluding hydrogens is 184 g/mol. The van der Waals surface area contributed by atoms with Crippen molar-refractivity contribution in [2.75, 3.05) is 19.6 Å². The van der Waals surface area contributed by atoms with Gasteiger partial charge in [0.05, 0.1) is 0 Å². The molecule has 2 heteroatoms. The number of rotatable bonds is 3. The van der Waals surface area contributed by atoms with Crippen molar-refractivity contribution >= 4 is 0 Å². The minimum absolute atomic E-state index is 0.776. The van der Waals surface area contributed by atoms with Gasteiger partial charge in [-0.2, -0.15) is 0 Å². The van der Waals surface area contributed by atoms with Crippen LogP contribution in [0.3, 0.4) is 0 Å². The predicted octanol–water partition coefficient (Wildman–Crippen LogP) is 2.34. The van der Waals surface area contributed by atoms with Gasteiger partial charge in [0.25, 0.3) is 0 Å². The van der Waals surface area contributed by atoms with E-state index >= 15 is 0 Å². The quantitative estimate of drug-likeness (QED) is 0.705. The van der Waals surface area contributed by atoms with E-state index in [2.05, 4.69) is 30.6 Å². The van der Waals surface area contributed by atoms with Gasteiger partial charge < -0.3 is 0 Å². The van der Waals surface area contributed by atoms with Gasteiger partial charge in [-0.15, -0.1) is 0 Å². The van der Waals surface area contributed by atoms with Gasteiger partial charge in [-0.05, 0) is 39.2 Å². The van der Waals surface area contributed by atoms with Crippen LogP contribution in [0.25, 0.3) is 0 Å². The van der Waals surface area contributed by atoms with Crippen molar-refractivity contribution in [1.82, 2.24) is 9.80 Å². The maximum Gasteiger partial charge on any atom is 0.0224 e. The lowest BCUT2D eigenvalue weighted by Gasteiger charge is -2.46. The van der Waals surface area contributed by atoms with Crippen LogP contribution in [0.4, 0.5) is 0 Å². The minimum atomic E-state index is 0.776. The Morgan fingerprint density at radius 2 is 2.07 bits per heavy atom. The van der Waals surface area contributed by atoms with Crippen molar-refractivity contribution in [3.8, 4) is 0 Å². The van der Waals surface area contributed by atoms with Crippen LogP contribution in [0.5, 0.6) is 0 Å². The van der Waals surface area contributed by atoms with Gasteiger partial charge in [0, 0.05) is 31.2 Å². The third-order valence-electron chi connectivity index (χ3n) is 4.46. The maximum absolute atomic E-state index is 2.77. The third kappa shape index (κ3) is 2.21. The highest BCUT2D eigenvalue weighted by Crippen LogP contribution is 2.27. The highest BCUT2D eigenvalue weighted by molar-refractivity contribution is 4.93. The largest absolute Gasteiger partial charge is 0.298 e. The molecule has 2 heterocycles. The normalized spacial score (nSPS) is 35.4. The van der Waals surface area contributed by atoms with E-state index in [-0.39, 0.29) is 0 Å². The summed E-state index contributed by atoms with van der Waals surface area (Å²) in [6.07, 6.45) is 5.47. The van der Waals surface area contributed by atoms with Gasteiger partial charge in [-0.1, -0.05) is 13.8 Å². The first-order valence-electron chi connectivity index (χ1n) is 6.76. The van der Waals surface area contributed by atoms with E-state index in [1.807, 2.05) is 0 Å². The molecule has 2 rings (SSSR count). The topological polar surface area (TPSA) is 6.48 Å². The molecule has 2 nitrogen and oxygen atoms in total. The van der Waals surface area contributed by atoms with Crippen LogP contribution in [0.2, 0.25) is 0 Å². The molecule has 0 radical (unpaired) electrons. The highest BCUT2D eigenvalue weighted by Gasteiger charge is 2.36. The molecule has 0 spiro atoms. The fourth-order valence-corrected chi connectivity index (χ4v) is 3.25. The fraction of sp³-hybridized carbons (Fsp3) is 1.00. The minimum Gasteiger partial charge on any atom is -0.298 e. The second-order valence-corrected chi connectivity index (χ2v) is 5.31. The molecule has 0 bridgehead atoms. The number of nitrogens with zero attached hydrogens (tertiary/aromatic N) is 2. The van der Waals surface area contributed by atoms with E-state index in [0.29, 0.717) is 0 Å². The van der Waals surface area contributed by atoms with Crippen molar-refractivity contribution in [3.05, 3.63) is 0 Å². The molecule has 0 aromatic heterocycles. The van der Waals surface area contributed by atoms with Gasteiger partial charge >= 0.3 is 0 Å². The van der Waals surface area contributed by atoms with E-state index < -0.39 is 0 Å². The van der Waals surface area contributed by atoms with E-state index in [0.717, 1.165) is 18.1 Å². The Labute approximate surface area is 94.6 Å². The zero-order chi connectivity index (χ0) is 10.8. The molecule has 88 valence electrons. The number of piperazine rings is 1. The first-order valence-corrected chi connectivity index (χ1v) is 6.76. The Morgan fingerprint density at radius 3 is 2.73 bits per heavy atom. The Bertz CT molecular complexity index is 205. The summed E-state index contributed by atoms with van der Waals surface area (Å²) in [4.78, 5) is 5.50. The lowest BCUT2D eigenvalue weighted by molar-refractivity contribution is 0.0223. The van der Waals surface area contributed by atoms with Crippen LogP contribution < -0.4 is 0 Å². The maximum atomic E-state index is 2.77. The molecule has 15 heavy (non-hydrogen) atoms. The van der Waals surface area contributed by atoms with Gasteiger partial charge in [-0.25, -0.2) is 0 Å². The van der Waals surface area contributed by atoms with Crippen molar-refractivity contribution in [1.29, 1.82) is 0 Å². The van der Waals surface area contributed by atoms with E-state index in [1.54, 1.807) is 0 Å². The molecule has 2 aliphatic rings. The molecule has 0 N–H and O–H groups in total. The van der Waals surface area contributed by atoms with E-state index in [1.165, 1.54) is 45.3 Å². The van der Waals surface area contributed by atoms with Gasteiger partial charge in [0.2, 0.25) is 0 Å².